The van der Waals surface area contributed by atoms with Crippen LogP contribution in [0.1, 0.15) is 27.2 Å². The molecule has 14 heavy (non-hydrogen) atoms. The molecule has 0 unspecified atom stereocenters. The fourth-order valence-corrected chi connectivity index (χ4v) is 1.37. The van der Waals surface area contributed by atoms with Crippen molar-refractivity contribution in [1.29, 1.82) is 0 Å². The van der Waals surface area contributed by atoms with Crippen LogP contribution in [0.3, 0.4) is 0 Å². The number of hydrogen-bond donors (Lipinski definition) is 1. The van der Waals surface area contributed by atoms with Gasteiger partial charge in [0.1, 0.15) is 0 Å². The Labute approximate surface area is 90.1 Å². The van der Waals surface area contributed by atoms with Crippen molar-refractivity contribution in [2.75, 3.05) is 0 Å². The zero-order valence-electron chi connectivity index (χ0n) is 8.43. The molecule has 0 atom stereocenters. The van der Waals surface area contributed by atoms with Crippen molar-refractivity contribution < 1.29 is 0 Å². The third kappa shape index (κ3) is 1.97. The molecule has 4 nitrogen and oxygen atoms in total. The maximum Gasteiger partial charge on any atom is 0.328 e. The molecule has 0 saturated carbocycles. The summed E-state index contributed by atoms with van der Waals surface area (Å²) >= 11 is 3.10. The highest BCUT2D eigenvalue weighted by atomic mass is 79.9. The molecule has 0 amide bonds. The van der Waals surface area contributed by atoms with Crippen LogP contribution >= 0.6 is 15.9 Å². The molecule has 0 aromatic carbocycles. The highest BCUT2D eigenvalue weighted by Crippen LogP contribution is 2.17. The molecule has 0 saturated heterocycles. The van der Waals surface area contributed by atoms with E-state index < -0.39 is 5.56 Å². The third-order valence-corrected chi connectivity index (χ3v) is 2.98. The second kappa shape index (κ2) is 3.73. The van der Waals surface area contributed by atoms with E-state index in [1.54, 1.807) is 0 Å². The Morgan fingerprint density at radius 2 is 2.07 bits per heavy atom. The van der Waals surface area contributed by atoms with E-state index in [1.165, 1.54) is 10.8 Å². The number of nitrogens with zero attached hydrogens (tertiary/aromatic N) is 1. The first-order chi connectivity index (χ1) is 6.38. The zero-order chi connectivity index (χ0) is 10.9. The Balaban J connectivity index is 3.45. The van der Waals surface area contributed by atoms with Gasteiger partial charge in [-0.05, 0) is 36.2 Å². The van der Waals surface area contributed by atoms with Gasteiger partial charge >= 0.3 is 5.69 Å². The summed E-state index contributed by atoms with van der Waals surface area (Å²) in [4.78, 5) is 24.8. The molecule has 1 aromatic heterocycles. The predicted molar refractivity (Wildman–Crippen MR) is 58.6 cm³/mol. The maximum atomic E-state index is 11.5. The average Bonchev–Trinajstić information content (AvgIpc) is 2.11. The molecule has 0 bridgehead atoms. The molecule has 1 heterocycles. The Morgan fingerprint density at radius 1 is 1.50 bits per heavy atom. The number of aromatic nitrogens is 2. The summed E-state index contributed by atoms with van der Waals surface area (Å²) in [5.41, 5.74) is -1.05. The van der Waals surface area contributed by atoms with Gasteiger partial charge < -0.3 is 0 Å². The lowest BCUT2D eigenvalue weighted by Gasteiger charge is -2.25. The molecule has 1 N–H and O–H groups in total. The summed E-state index contributed by atoms with van der Waals surface area (Å²) in [6.45, 7) is 5.88. The molecular formula is C9H13BrN2O2. The minimum atomic E-state index is -0.391. The lowest BCUT2D eigenvalue weighted by molar-refractivity contribution is 0.325. The van der Waals surface area contributed by atoms with Gasteiger partial charge in [0.2, 0.25) is 0 Å². The fraction of sp³-hybridized carbons (Fsp3) is 0.556. The van der Waals surface area contributed by atoms with Crippen LogP contribution in [0.5, 0.6) is 0 Å². The van der Waals surface area contributed by atoms with E-state index in [-0.39, 0.29) is 11.2 Å². The van der Waals surface area contributed by atoms with Crippen LogP contribution in [-0.2, 0) is 5.54 Å². The van der Waals surface area contributed by atoms with Crippen LogP contribution in [0.25, 0.3) is 0 Å². The number of rotatable bonds is 2. The van der Waals surface area contributed by atoms with Gasteiger partial charge in [0.05, 0.1) is 4.47 Å². The topological polar surface area (TPSA) is 54.9 Å². The van der Waals surface area contributed by atoms with Crippen molar-refractivity contribution >= 4 is 15.9 Å². The second-order valence-electron chi connectivity index (χ2n) is 3.77. The summed E-state index contributed by atoms with van der Waals surface area (Å²) in [7, 11) is 0. The van der Waals surface area contributed by atoms with Gasteiger partial charge in [-0.1, -0.05) is 6.92 Å². The lowest BCUT2D eigenvalue weighted by atomic mass is 10.0. The Bertz CT molecular complexity index is 445. The largest absolute Gasteiger partial charge is 0.328 e. The minimum Gasteiger partial charge on any atom is -0.294 e. The van der Waals surface area contributed by atoms with Crippen molar-refractivity contribution in [2.45, 2.75) is 32.7 Å². The molecule has 0 fully saturated rings. The SMILES string of the molecule is CCC(C)(C)n1cc(Br)c(=O)[nH]c1=O. The first-order valence-electron chi connectivity index (χ1n) is 4.40. The standard InChI is InChI=1S/C9H13BrN2O2/c1-4-9(2,3)12-5-6(10)7(13)11-8(12)14/h5H,4H2,1-3H3,(H,11,13,14). The van der Waals surface area contributed by atoms with Crippen molar-refractivity contribution in [3.63, 3.8) is 0 Å². The van der Waals surface area contributed by atoms with E-state index in [0.717, 1.165) is 6.42 Å². The predicted octanol–water partition coefficient (Wildman–Crippen LogP) is 1.44. The number of halogens is 1. The summed E-state index contributed by atoms with van der Waals surface area (Å²) < 4.78 is 1.90. The van der Waals surface area contributed by atoms with Crippen LogP contribution in [0, 0.1) is 0 Å². The smallest absolute Gasteiger partial charge is 0.294 e. The highest BCUT2D eigenvalue weighted by Gasteiger charge is 2.19. The molecule has 0 aliphatic heterocycles. The first kappa shape index (κ1) is 11.2. The Kier molecular flexibility index (Phi) is 2.99. The van der Waals surface area contributed by atoms with Crippen LogP contribution in [0.2, 0.25) is 0 Å². The maximum absolute atomic E-state index is 11.5. The molecule has 78 valence electrons. The van der Waals surface area contributed by atoms with Crippen LogP contribution in [-0.4, -0.2) is 9.55 Å². The molecule has 1 aromatic rings. The summed E-state index contributed by atoms with van der Waals surface area (Å²) in [5.74, 6) is 0. The third-order valence-electron chi connectivity index (χ3n) is 2.42. The van der Waals surface area contributed by atoms with E-state index in [4.69, 9.17) is 0 Å². The van der Waals surface area contributed by atoms with Gasteiger partial charge in [-0.2, -0.15) is 0 Å². The van der Waals surface area contributed by atoms with Gasteiger partial charge in [-0.15, -0.1) is 0 Å². The van der Waals surface area contributed by atoms with Gasteiger partial charge in [0.25, 0.3) is 5.56 Å². The molecule has 1 rings (SSSR count). The lowest BCUT2D eigenvalue weighted by Crippen LogP contribution is -2.40. The van der Waals surface area contributed by atoms with Crippen molar-refractivity contribution in [2.24, 2.45) is 0 Å². The quantitative estimate of drug-likeness (QED) is 0.875. The van der Waals surface area contributed by atoms with Crippen LogP contribution in [0.15, 0.2) is 20.3 Å². The Morgan fingerprint density at radius 3 is 2.57 bits per heavy atom. The summed E-state index contributed by atoms with van der Waals surface area (Å²) in [6.07, 6.45) is 2.34. The normalized spacial score (nSPS) is 11.7. The highest BCUT2D eigenvalue weighted by molar-refractivity contribution is 9.10. The van der Waals surface area contributed by atoms with Crippen LogP contribution in [0.4, 0.5) is 0 Å². The number of aromatic amines is 1. The molecule has 0 aliphatic carbocycles. The molecular weight excluding hydrogens is 248 g/mol. The monoisotopic (exact) mass is 260 g/mol. The summed E-state index contributed by atoms with van der Waals surface area (Å²) in [5, 5.41) is 0. The van der Waals surface area contributed by atoms with Crippen molar-refractivity contribution in [1.82, 2.24) is 9.55 Å². The summed E-state index contributed by atoms with van der Waals surface area (Å²) in [6, 6.07) is 0. The van der Waals surface area contributed by atoms with E-state index in [1.807, 2.05) is 20.8 Å². The van der Waals surface area contributed by atoms with Gasteiger partial charge in [-0.25, -0.2) is 4.79 Å². The minimum absolute atomic E-state index is 0.288. The van der Waals surface area contributed by atoms with E-state index in [9.17, 15) is 9.59 Å². The molecule has 0 aliphatic rings. The van der Waals surface area contributed by atoms with Gasteiger partial charge in [-0.3, -0.25) is 14.3 Å². The number of nitrogens with one attached hydrogen (secondary N) is 1. The molecule has 0 radical (unpaired) electrons. The molecule has 0 spiro atoms. The Hall–Kier alpha value is -0.840. The fourth-order valence-electron chi connectivity index (χ4n) is 1.07. The van der Waals surface area contributed by atoms with Crippen molar-refractivity contribution in [3.05, 3.63) is 31.5 Å². The van der Waals surface area contributed by atoms with E-state index >= 15 is 0 Å². The number of H-pyrrole nitrogens is 1. The number of hydrogen-bond acceptors (Lipinski definition) is 2. The zero-order valence-corrected chi connectivity index (χ0v) is 10.0. The van der Waals surface area contributed by atoms with Crippen molar-refractivity contribution in [3.8, 4) is 0 Å². The molecule has 5 heteroatoms. The van der Waals surface area contributed by atoms with Crippen LogP contribution < -0.4 is 11.2 Å². The first-order valence-corrected chi connectivity index (χ1v) is 5.19. The van der Waals surface area contributed by atoms with E-state index in [0.29, 0.717) is 4.47 Å². The van der Waals surface area contributed by atoms with Gasteiger partial charge in [0.15, 0.2) is 0 Å². The van der Waals surface area contributed by atoms with E-state index in [2.05, 4.69) is 20.9 Å². The average molecular weight is 261 g/mol. The van der Waals surface area contributed by atoms with Gasteiger partial charge in [0, 0.05) is 11.7 Å². The second-order valence-corrected chi connectivity index (χ2v) is 4.63.